The van der Waals surface area contributed by atoms with Gasteiger partial charge >= 0.3 is 0 Å². The predicted molar refractivity (Wildman–Crippen MR) is 86.3 cm³/mol. The molecular weight excluding hydrogens is 272 g/mol. The molecule has 4 heteroatoms. The fourth-order valence-electron chi connectivity index (χ4n) is 3.42. The van der Waals surface area contributed by atoms with Crippen molar-refractivity contribution in [3.8, 4) is 0 Å². The van der Waals surface area contributed by atoms with Gasteiger partial charge in [0.2, 0.25) is 5.91 Å². The smallest absolute Gasteiger partial charge is 0.220 e. The molecule has 1 saturated heterocycles. The van der Waals surface area contributed by atoms with Crippen LogP contribution in [0.3, 0.4) is 0 Å². The van der Waals surface area contributed by atoms with Crippen LogP contribution in [0, 0.1) is 11.3 Å². The van der Waals surface area contributed by atoms with Gasteiger partial charge in [0, 0.05) is 13.0 Å². The first-order valence-electron chi connectivity index (χ1n) is 8.15. The summed E-state index contributed by atoms with van der Waals surface area (Å²) < 4.78 is 0. The lowest BCUT2D eigenvalue weighted by molar-refractivity contribution is -0.122. The Hall–Kier alpha value is -0.280. The molecule has 0 aromatic carbocycles. The lowest BCUT2D eigenvalue weighted by Gasteiger charge is -2.34. The minimum atomic E-state index is 0. The Morgan fingerprint density at radius 1 is 1.15 bits per heavy atom. The first-order valence-corrected chi connectivity index (χ1v) is 8.15. The molecule has 1 saturated carbocycles. The van der Waals surface area contributed by atoms with Crippen molar-refractivity contribution in [1.82, 2.24) is 10.6 Å². The molecule has 0 spiro atoms. The molecule has 0 radical (unpaired) electrons. The van der Waals surface area contributed by atoms with E-state index in [2.05, 4.69) is 17.6 Å². The van der Waals surface area contributed by atoms with Crippen LogP contribution in [0.25, 0.3) is 0 Å². The van der Waals surface area contributed by atoms with Gasteiger partial charge in [-0.25, -0.2) is 0 Å². The zero-order chi connectivity index (χ0) is 13.6. The minimum Gasteiger partial charge on any atom is -0.356 e. The maximum Gasteiger partial charge on any atom is 0.220 e. The van der Waals surface area contributed by atoms with Gasteiger partial charge in [0.1, 0.15) is 0 Å². The van der Waals surface area contributed by atoms with E-state index in [0.29, 0.717) is 11.3 Å². The maximum absolute atomic E-state index is 12.1. The highest BCUT2D eigenvalue weighted by Crippen LogP contribution is 2.28. The summed E-state index contributed by atoms with van der Waals surface area (Å²) in [5.74, 6) is 0.926. The van der Waals surface area contributed by atoms with Gasteiger partial charge in [-0.1, -0.05) is 32.6 Å². The van der Waals surface area contributed by atoms with E-state index in [1.807, 2.05) is 0 Å². The summed E-state index contributed by atoms with van der Waals surface area (Å²) in [6.45, 7) is 5.35. The number of piperidine rings is 1. The summed E-state index contributed by atoms with van der Waals surface area (Å²) in [5.41, 5.74) is 0.310. The predicted octanol–water partition coefficient (Wildman–Crippen LogP) is 3.27. The average molecular weight is 303 g/mol. The van der Waals surface area contributed by atoms with Crippen LogP contribution in [-0.4, -0.2) is 25.5 Å². The van der Waals surface area contributed by atoms with Crippen molar-refractivity contribution >= 4 is 18.3 Å². The van der Waals surface area contributed by atoms with Gasteiger partial charge in [-0.15, -0.1) is 12.4 Å². The lowest BCUT2D eigenvalue weighted by Crippen LogP contribution is -2.43. The minimum absolute atomic E-state index is 0. The Bertz CT molecular complexity index is 282. The third kappa shape index (κ3) is 6.01. The van der Waals surface area contributed by atoms with E-state index in [0.717, 1.165) is 26.1 Å². The summed E-state index contributed by atoms with van der Waals surface area (Å²) >= 11 is 0. The molecule has 1 aliphatic heterocycles. The Morgan fingerprint density at radius 3 is 2.35 bits per heavy atom. The van der Waals surface area contributed by atoms with E-state index in [-0.39, 0.29) is 18.3 Å². The van der Waals surface area contributed by atoms with Crippen LogP contribution in [0.1, 0.15) is 64.7 Å². The van der Waals surface area contributed by atoms with E-state index < -0.39 is 0 Å². The second-order valence-electron chi connectivity index (χ2n) is 6.90. The average Bonchev–Trinajstić information content (AvgIpc) is 2.66. The van der Waals surface area contributed by atoms with E-state index in [4.69, 9.17) is 0 Å². The maximum atomic E-state index is 12.1. The Labute approximate surface area is 130 Å². The van der Waals surface area contributed by atoms with Crippen molar-refractivity contribution in [3.05, 3.63) is 0 Å². The topological polar surface area (TPSA) is 41.1 Å². The van der Waals surface area contributed by atoms with Crippen LogP contribution in [-0.2, 0) is 4.79 Å². The molecule has 0 aromatic heterocycles. The molecule has 2 aliphatic rings. The molecule has 20 heavy (non-hydrogen) atoms. The zero-order valence-corrected chi connectivity index (χ0v) is 13.7. The molecule has 0 aromatic rings. The summed E-state index contributed by atoms with van der Waals surface area (Å²) in [6.07, 6.45) is 11.0. The van der Waals surface area contributed by atoms with Gasteiger partial charge in [-0.3, -0.25) is 4.79 Å². The van der Waals surface area contributed by atoms with Gasteiger partial charge < -0.3 is 10.6 Å². The molecule has 0 atom stereocenters. The van der Waals surface area contributed by atoms with Crippen molar-refractivity contribution in [2.24, 2.45) is 11.3 Å². The first kappa shape index (κ1) is 17.8. The summed E-state index contributed by atoms with van der Waals surface area (Å²) in [7, 11) is 0. The monoisotopic (exact) mass is 302 g/mol. The summed E-state index contributed by atoms with van der Waals surface area (Å²) in [5, 5.41) is 6.58. The molecule has 0 bridgehead atoms. The number of carbonyl (C=O) groups excluding carboxylic acids is 1. The van der Waals surface area contributed by atoms with Crippen molar-refractivity contribution in [1.29, 1.82) is 0 Å². The molecular formula is C16H31ClN2O. The van der Waals surface area contributed by atoms with E-state index in [1.165, 1.54) is 51.4 Å². The third-order valence-corrected chi connectivity index (χ3v) is 4.97. The molecule has 1 heterocycles. The standard InChI is InChI=1S/C16H30N2O.ClH/c1-16(8-10-17-11-9-16)13-18-15(19)12-14-6-4-2-3-5-7-14;/h14,17H,2-13H2,1H3,(H,18,19);1H. The Balaban J connectivity index is 0.00000200. The fourth-order valence-corrected chi connectivity index (χ4v) is 3.42. The highest BCUT2D eigenvalue weighted by atomic mass is 35.5. The van der Waals surface area contributed by atoms with Gasteiger partial charge in [0.05, 0.1) is 0 Å². The second-order valence-corrected chi connectivity index (χ2v) is 6.90. The quantitative estimate of drug-likeness (QED) is 0.783. The third-order valence-electron chi connectivity index (χ3n) is 4.97. The van der Waals surface area contributed by atoms with Crippen LogP contribution in [0.4, 0.5) is 0 Å². The molecule has 0 unspecified atom stereocenters. The van der Waals surface area contributed by atoms with E-state index in [1.54, 1.807) is 0 Å². The van der Waals surface area contributed by atoms with Crippen LogP contribution in [0.15, 0.2) is 0 Å². The van der Waals surface area contributed by atoms with E-state index >= 15 is 0 Å². The van der Waals surface area contributed by atoms with Crippen LogP contribution in [0.5, 0.6) is 0 Å². The normalized spacial score (nSPS) is 23.4. The number of amides is 1. The van der Waals surface area contributed by atoms with Crippen molar-refractivity contribution in [2.75, 3.05) is 19.6 Å². The van der Waals surface area contributed by atoms with Gasteiger partial charge in [0.25, 0.3) is 0 Å². The number of carbonyl (C=O) groups is 1. The molecule has 2 rings (SSSR count). The number of rotatable bonds is 4. The van der Waals surface area contributed by atoms with Crippen molar-refractivity contribution in [2.45, 2.75) is 64.7 Å². The van der Waals surface area contributed by atoms with Crippen LogP contribution < -0.4 is 10.6 Å². The van der Waals surface area contributed by atoms with Gasteiger partial charge in [0.15, 0.2) is 0 Å². The molecule has 118 valence electrons. The highest BCUT2D eigenvalue weighted by molar-refractivity contribution is 5.85. The number of nitrogens with one attached hydrogen (secondary N) is 2. The largest absolute Gasteiger partial charge is 0.356 e. The SMILES string of the molecule is CC1(CNC(=O)CC2CCCCCC2)CCNCC1.Cl. The van der Waals surface area contributed by atoms with Crippen LogP contribution in [0.2, 0.25) is 0 Å². The highest BCUT2D eigenvalue weighted by Gasteiger charge is 2.27. The lowest BCUT2D eigenvalue weighted by atomic mass is 9.81. The van der Waals surface area contributed by atoms with Gasteiger partial charge in [-0.05, 0) is 50.1 Å². The van der Waals surface area contributed by atoms with Crippen LogP contribution >= 0.6 is 12.4 Å². The Morgan fingerprint density at radius 2 is 1.75 bits per heavy atom. The molecule has 1 aliphatic carbocycles. The Kier molecular flexibility index (Phi) is 7.90. The second kappa shape index (κ2) is 8.89. The number of hydrogen-bond acceptors (Lipinski definition) is 2. The molecule has 1 amide bonds. The summed E-state index contributed by atoms with van der Waals surface area (Å²) in [6, 6.07) is 0. The summed E-state index contributed by atoms with van der Waals surface area (Å²) in [4.78, 5) is 12.1. The molecule has 2 fully saturated rings. The molecule has 2 N–H and O–H groups in total. The number of halogens is 1. The zero-order valence-electron chi connectivity index (χ0n) is 12.9. The molecule has 3 nitrogen and oxygen atoms in total. The first-order chi connectivity index (χ1) is 9.18. The van der Waals surface area contributed by atoms with Crippen molar-refractivity contribution in [3.63, 3.8) is 0 Å². The fraction of sp³-hybridized carbons (Fsp3) is 0.938. The van der Waals surface area contributed by atoms with E-state index in [9.17, 15) is 4.79 Å². The van der Waals surface area contributed by atoms with Gasteiger partial charge in [-0.2, -0.15) is 0 Å². The van der Waals surface area contributed by atoms with Crippen molar-refractivity contribution < 1.29 is 4.79 Å². The number of hydrogen-bond donors (Lipinski definition) is 2.